The minimum Gasteiger partial charge on any atom is -0.477 e. The second kappa shape index (κ2) is 5.46. The van der Waals surface area contributed by atoms with Crippen LogP contribution in [-0.2, 0) is 0 Å². The molecular formula is C11H16N2O3. The smallest absolute Gasteiger partial charge is 0.354 e. The monoisotopic (exact) mass is 224 g/mol. The number of carbonyl (C=O) groups is 1. The van der Waals surface area contributed by atoms with E-state index in [4.69, 9.17) is 10.2 Å². The zero-order valence-electron chi connectivity index (χ0n) is 9.42. The summed E-state index contributed by atoms with van der Waals surface area (Å²) in [6.45, 7) is 4.47. The molecular weight excluding hydrogens is 208 g/mol. The Balaban J connectivity index is 3.00. The summed E-state index contributed by atoms with van der Waals surface area (Å²) < 4.78 is 0. The van der Waals surface area contributed by atoms with Crippen molar-refractivity contribution in [2.45, 2.75) is 19.9 Å². The summed E-state index contributed by atoms with van der Waals surface area (Å²) in [5, 5.41) is 17.8. The highest BCUT2D eigenvalue weighted by atomic mass is 16.4. The van der Waals surface area contributed by atoms with Gasteiger partial charge in [-0.15, -0.1) is 0 Å². The maximum Gasteiger partial charge on any atom is 0.354 e. The third kappa shape index (κ3) is 2.93. The van der Waals surface area contributed by atoms with Crippen molar-refractivity contribution in [3.05, 3.63) is 24.0 Å². The molecule has 16 heavy (non-hydrogen) atoms. The van der Waals surface area contributed by atoms with Crippen LogP contribution in [0.1, 0.15) is 24.3 Å². The Hall–Kier alpha value is -1.62. The molecule has 5 heteroatoms. The minimum atomic E-state index is -1.05. The molecule has 0 amide bonds. The molecule has 0 aliphatic carbocycles. The number of carboxylic acids is 1. The summed E-state index contributed by atoms with van der Waals surface area (Å²) in [4.78, 5) is 16.4. The summed E-state index contributed by atoms with van der Waals surface area (Å²) in [5.74, 6) is -1.05. The van der Waals surface area contributed by atoms with Crippen molar-refractivity contribution in [1.82, 2.24) is 4.98 Å². The molecule has 1 aromatic heterocycles. The van der Waals surface area contributed by atoms with Crippen LogP contribution in [0, 0.1) is 0 Å². The number of hydrogen-bond acceptors (Lipinski definition) is 4. The van der Waals surface area contributed by atoms with Gasteiger partial charge in [-0.2, -0.15) is 0 Å². The van der Waals surface area contributed by atoms with E-state index in [0.29, 0.717) is 6.54 Å². The van der Waals surface area contributed by atoms with Crippen LogP contribution < -0.4 is 4.90 Å². The van der Waals surface area contributed by atoms with Crippen LogP contribution in [0.15, 0.2) is 18.3 Å². The van der Waals surface area contributed by atoms with Crippen LogP contribution in [0.25, 0.3) is 0 Å². The Morgan fingerprint density at radius 2 is 2.25 bits per heavy atom. The summed E-state index contributed by atoms with van der Waals surface area (Å²) in [6.07, 6.45) is 1.46. The van der Waals surface area contributed by atoms with Crippen LogP contribution in [-0.4, -0.2) is 40.4 Å². The number of hydrogen-bond donors (Lipinski definition) is 2. The van der Waals surface area contributed by atoms with Crippen LogP contribution >= 0.6 is 0 Å². The lowest BCUT2D eigenvalue weighted by Crippen LogP contribution is -2.33. The number of aliphatic hydroxyl groups is 1. The van der Waals surface area contributed by atoms with Crippen LogP contribution in [0.5, 0.6) is 0 Å². The number of rotatable bonds is 5. The lowest BCUT2D eigenvalue weighted by Gasteiger charge is -2.28. The van der Waals surface area contributed by atoms with Crippen LogP contribution in [0.4, 0.5) is 5.69 Å². The molecule has 0 saturated heterocycles. The number of nitrogens with zero attached hydrogens (tertiary/aromatic N) is 2. The van der Waals surface area contributed by atoms with Crippen molar-refractivity contribution in [3.63, 3.8) is 0 Å². The fourth-order valence-electron chi connectivity index (χ4n) is 1.51. The molecule has 0 aromatic carbocycles. The summed E-state index contributed by atoms with van der Waals surface area (Å²) in [6, 6.07) is 3.44. The number of carboxylic acid groups (broad SMARTS) is 1. The first-order valence-corrected chi connectivity index (χ1v) is 5.13. The summed E-state index contributed by atoms with van der Waals surface area (Å²) in [7, 11) is 0. The van der Waals surface area contributed by atoms with Gasteiger partial charge in [0, 0.05) is 24.5 Å². The first-order chi connectivity index (χ1) is 7.56. The van der Waals surface area contributed by atoms with Crippen molar-refractivity contribution in [2.24, 2.45) is 0 Å². The molecule has 2 N–H and O–H groups in total. The number of aliphatic hydroxyl groups excluding tert-OH is 1. The molecule has 0 spiro atoms. The Bertz CT molecular complexity index is 366. The molecule has 0 aliphatic rings. The van der Waals surface area contributed by atoms with Crippen LogP contribution in [0.3, 0.4) is 0 Å². The predicted octanol–water partition coefficient (Wildman–Crippen LogP) is 0.987. The fraction of sp³-hybridized carbons (Fsp3) is 0.455. The van der Waals surface area contributed by atoms with E-state index in [9.17, 15) is 4.79 Å². The van der Waals surface area contributed by atoms with Crippen molar-refractivity contribution < 1.29 is 15.0 Å². The number of pyridine rings is 1. The first-order valence-electron chi connectivity index (χ1n) is 5.13. The van der Waals surface area contributed by atoms with E-state index in [1.807, 2.05) is 18.7 Å². The highest BCUT2D eigenvalue weighted by Crippen LogP contribution is 2.17. The summed E-state index contributed by atoms with van der Waals surface area (Å²) >= 11 is 0. The van der Waals surface area contributed by atoms with Crippen LogP contribution in [0.2, 0.25) is 0 Å². The molecule has 1 heterocycles. The topological polar surface area (TPSA) is 73.7 Å². The number of aromatic carboxylic acids is 1. The second-order valence-corrected chi connectivity index (χ2v) is 3.72. The standard InChI is InChI=1S/C11H16N2O3/c1-8(2)13(5-6-14)9-3-4-12-10(7-9)11(15)16/h3-4,7-8,14H,5-6H2,1-2H3,(H,15,16). The van der Waals surface area contributed by atoms with Gasteiger partial charge in [-0.05, 0) is 26.0 Å². The van der Waals surface area contributed by atoms with E-state index >= 15 is 0 Å². The fourth-order valence-corrected chi connectivity index (χ4v) is 1.51. The van der Waals surface area contributed by atoms with E-state index in [1.165, 1.54) is 12.3 Å². The van der Waals surface area contributed by atoms with E-state index in [0.717, 1.165) is 5.69 Å². The third-order valence-corrected chi connectivity index (χ3v) is 2.26. The molecule has 0 atom stereocenters. The quantitative estimate of drug-likeness (QED) is 0.780. The van der Waals surface area contributed by atoms with Gasteiger partial charge in [0.15, 0.2) is 0 Å². The Morgan fingerprint density at radius 1 is 1.56 bits per heavy atom. The maximum absolute atomic E-state index is 10.8. The van der Waals surface area contributed by atoms with E-state index < -0.39 is 5.97 Å². The predicted molar refractivity (Wildman–Crippen MR) is 60.8 cm³/mol. The molecule has 0 bridgehead atoms. The van der Waals surface area contributed by atoms with Gasteiger partial charge >= 0.3 is 5.97 Å². The van der Waals surface area contributed by atoms with Crippen molar-refractivity contribution in [2.75, 3.05) is 18.1 Å². The molecule has 0 unspecified atom stereocenters. The van der Waals surface area contributed by atoms with Gasteiger partial charge in [0.05, 0.1) is 6.61 Å². The maximum atomic E-state index is 10.8. The number of anilines is 1. The lowest BCUT2D eigenvalue weighted by molar-refractivity contribution is 0.0690. The minimum absolute atomic E-state index is 0.0149. The normalized spacial score (nSPS) is 10.5. The zero-order valence-corrected chi connectivity index (χ0v) is 9.42. The number of aromatic nitrogens is 1. The molecule has 88 valence electrons. The molecule has 1 aromatic rings. The van der Waals surface area contributed by atoms with E-state index in [-0.39, 0.29) is 18.3 Å². The van der Waals surface area contributed by atoms with Gasteiger partial charge in [-0.25, -0.2) is 9.78 Å². The van der Waals surface area contributed by atoms with E-state index in [1.54, 1.807) is 6.07 Å². The Labute approximate surface area is 94.4 Å². The zero-order chi connectivity index (χ0) is 12.1. The highest BCUT2D eigenvalue weighted by molar-refractivity contribution is 5.86. The SMILES string of the molecule is CC(C)N(CCO)c1ccnc(C(=O)O)c1. The Morgan fingerprint density at radius 3 is 2.75 bits per heavy atom. The molecule has 5 nitrogen and oxygen atoms in total. The van der Waals surface area contributed by atoms with Gasteiger partial charge < -0.3 is 15.1 Å². The largest absolute Gasteiger partial charge is 0.477 e. The molecule has 0 fully saturated rings. The Kier molecular flexibility index (Phi) is 4.25. The lowest BCUT2D eigenvalue weighted by atomic mass is 10.2. The van der Waals surface area contributed by atoms with Gasteiger partial charge in [-0.3, -0.25) is 0 Å². The molecule has 0 aliphatic heterocycles. The van der Waals surface area contributed by atoms with Gasteiger partial charge in [0.25, 0.3) is 0 Å². The first kappa shape index (κ1) is 12.4. The molecule has 0 radical (unpaired) electrons. The second-order valence-electron chi connectivity index (χ2n) is 3.72. The summed E-state index contributed by atoms with van der Waals surface area (Å²) in [5.41, 5.74) is 0.775. The van der Waals surface area contributed by atoms with E-state index in [2.05, 4.69) is 4.98 Å². The molecule has 1 rings (SSSR count). The highest BCUT2D eigenvalue weighted by Gasteiger charge is 2.12. The van der Waals surface area contributed by atoms with Crippen molar-refractivity contribution >= 4 is 11.7 Å². The van der Waals surface area contributed by atoms with Gasteiger partial charge in [-0.1, -0.05) is 0 Å². The molecule has 0 saturated carbocycles. The third-order valence-electron chi connectivity index (χ3n) is 2.26. The van der Waals surface area contributed by atoms with Gasteiger partial charge in [0.1, 0.15) is 5.69 Å². The average Bonchev–Trinajstić information content (AvgIpc) is 2.25. The van der Waals surface area contributed by atoms with Gasteiger partial charge in [0.2, 0.25) is 0 Å². The van der Waals surface area contributed by atoms with Crippen molar-refractivity contribution in [1.29, 1.82) is 0 Å². The average molecular weight is 224 g/mol. The van der Waals surface area contributed by atoms with Crippen molar-refractivity contribution in [3.8, 4) is 0 Å².